The average Bonchev–Trinajstić information content (AvgIpc) is 2.61. The molecular formula is C16H13F6N5. The van der Waals surface area contributed by atoms with E-state index in [1.54, 1.807) is 0 Å². The predicted molar refractivity (Wildman–Crippen MR) is 88.9 cm³/mol. The highest BCUT2D eigenvalue weighted by Crippen LogP contribution is 2.30. The molecule has 1 heterocycles. The molecule has 27 heavy (non-hydrogen) atoms. The highest BCUT2D eigenvalue weighted by Gasteiger charge is 2.32. The van der Waals surface area contributed by atoms with Crippen molar-refractivity contribution in [2.75, 3.05) is 11.9 Å². The third-order valence-corrected chi connectivity index (χ3v) is 3.25. The van der Waals surface area contributed by atoms with E-state index in [0.29, 0.717) is 0 Å². The first-order chi connectivity index (χ1) is 12.6. The highest BCUT2D eigenvalue weighted by molar-refractivity contribution is 6.32. The van der Waals surface area contributed by atoms with Crippen LogP contribution >= 0.6 is 0 Å². The van der Waals surface area contributed by atoms with Gasteiger partial charge in [0.25, 0.3) is 0 Å². The Balaban J connectivity index is 2.01. The number of nitrogens with zero attached hydrogens (tertiary/aromatic N) is 3. The maximum Gasteiger partial charge on any atom is 0.433 e. The van der Waals surface area contributed by atoms with Crippen LogP contribution in [0, 0.1) is 0 Å². The Kier molecular flexibility index (Phi) is 6.03. The van der Waals surface area contributed by atoms with Crippen molar-refractivity contribution in [2.45, 2.75) is 12.4 Å². The molecule has 1 aromatic heterocycles. The summed E-state index contributed by atoms with van der Waals surface area (Å²) in [5.74, 6) is 5.20. The Hall–Kier alpha value is -3.11. The predicted octanol–water partition coefficient (Wildman–Crippen LogP) is 4.25. The van der Waals surface area contributed by atoms with Crippen molar-refractivity contribution in [3.63, 3.8) is 0 Å². The Morgan fingerprint density at radius 3 is 2.26 bits per heavy atom. The van der Waals surface area contributed by atoms with Crippen LogP contribution < -0.4 is 11.2 Å². The van der Waals surface area contributed by atoms with Gasteiger partial charge in [-0.3, -0.25) is 9.98 Å². The lowest BCUT2D eigenvalue weighted by molar-refractivity contribution is -0.141. The van der Waals surface area contributed by atoms with Gasteiger partial charge in [0.05, 0.1) is 29.7 Å². The summed E-state index contributed by atoms with van der Waals surface area (Å²) in [6.07, 6.45) is -6.83. The van der Waals surface area contributed by atoms with Crippen LogP contribution in [0.5, 0.6) is 0 Å². The van der Waals surface area contributed by atoms with Crippen LogP contribution in [0.1, 0.15) is 11.3 Å². The van der Waals surface area contributed by atoms with E-state index in [4.69, 9.17) is 5.84 Å². The van der Waals surface area contributed by atoms with E-state index >= 15 is 0 Å². The van der Waals surface area contributed by atoms with Gasteiger partial charge in [0.2, 0.25) is 0 Å². The number of rotatable bonds is 5. The minimum absolute atomic E-state index is 0.0536. The molecule has 0 spiro atoms. The van der Waals surface area contributed by atoms with Gasteiger partial charge in [-0.2, -0.15) is 31.4 Å². The fraction of sp³-hybridized carbons (Fsp3) is 0.188. The second kappa shape index (κ2) is 8.06. The van der Waals surface area contributed by atoms with E-state index in [1.165, 1.54) is 24.4 Å². The number of benzene rings is 1. The summed E-state index contributed by atoms with van der Waals surface area (Å²) in [5, 5.41) is 6.12. The second-order valence-corrected chi connectivity index (χ2v) is 5.20. The zero-order valence-electron chi connectivity index (χ0n) is 13.5. The third-order valence-electron chi connectivity index (χ3n) is 3.25. The van der Waals surface area contributed by atoms with Crippen LogP contribution in [0.15, 0.2) is 52.7 Å². The first kappa shape index (κ1) is 20.2. The van der Waals surface area contributed by atoms with Crippen LogP contribution in [0.3, 0.4) is 0 Å². The molecule has 0 saturated heterocycles. The van der Waals surface area contributed by atoms with Crippen molar-refractivity contribution in [3.05, 3.63) is 53.9 Å². The molecule has 144 valence electrons. The summed E-state index contributed by atoms with van der Waals surface area (Å²) >= 11 is 0. The second-order valence-electron chi connectivity index (χ2n) is 5.20. The number of alkyl halides is 6. The van der Waals surface area contributed by atoms with E-state index in [1.807, 2.05) is 0 Å². The standard InChI is InChI=1S/C16H13F6N5/c17-15(18,19)10-1-3-11(4-2-10)25-8-13(27-23)9-26-12-5-6-24-14(7-12)16(20,21)22/h1-8H,9,23H2,(H,24,26)/b25-8?,27-13+. The molecule has 0 fully saturated rings. The fourth-order valence-electron chi connectivity index (χ4n) is 1.90. The molecule has 11 heteroatoms. The molecule has 3 N–H and O–H groups in total. The van der Waals surface area contributed by atoms with Crippen molar-refractivity contribution in [2.24, 2.45) is 15.9 Å². The molecule has 0 aliphatic carbocycles. The van der Waals surface area contributed by atoms with Crippen molar-refractivity contribution in [1.29, 1.82) is 0 Å². The zero-order valence-corrected chi connectivity index (χ0v) is 13.5. The van der Waals surface area contributed by atoms with E-state index < -0.39 is 23.6 Å². The van der Waals surface area contributed by atoms with Gasteiger partial charge in [-0.1, -0.05) is 0 Å². The number of pyridine rings is 1. The third kappa shape index (κ3) is 5.97. The maximum absolute atomic E-state index is 12.6. The quantitative estimate of drug-likeness (QED) is 0.348. The molecule has 0 saturated carbocycles. The van der Waals surface area contributed by atoms with Gasteiger partial charge in [-0.15, -0.1) is 0 Å². The van der Waals surface area contributed by atoms with Crippen LogP contribution in [0.25, 0.3) is 0 Å². The summed E-state index contributed by atoms with van der Waals surface area (Å²) in [5.41, 5.74) is -1.33. The monoisotopic (exact) mass is 389 g/mol. The van der Waals surface area contributed by atoms with Crippen LogP contribution in [-0.2, 0) is 12.4 Å². The Bertz CT molecular complexity index is 824. The molecule has 2 rings (SSSR count). The number of hydrogen-bond acceptors (Lipinski definition) is 5. The van der Waals surface area contributed by atoms with Gasteiger partial charge >= 0.3 is 12.4 Å². The molecule has 0 radical (unpaired) electrons. The van der Waals surface area contributed by atoms with E-state index in [9.17, 15) is 26.3 Å². The molecule has 0 unspecified atom stereocenters. The summed E-state index contributed by atoms with van der Waals surface area (Å²) < 4.78 is 75.3. The molecule has 0 amide bonds. The number of hydrogen-bond donors (Lipinski definition) is 2. The summed E-state index contributed by atoms with van der Waals surface area (Å²) in [6, 6.07) is 6.23. The number of nitrogens with one attached hydrogen (secondary N) is 1. The Morgan fingerprint density at radius 1 is 1.04 bits per heavy atom. The van der Waals surface area contributed by atoms with Gasteiger partial charge in [0, 0.05) is 11.9 Å². The van der Waals surface area contributed by atoms with Crippen molar-refractivity contribution < 1.29 is 26.3 Å². The largest absolute Gasteiger partial charge is 0.433 e. The molecule has 5 nitrogen and oxygen atoms in total. The Labute approximate surface area is 149 Å². The molecule has 0 bridgehead atoms. The van der Waals surface area contributed by atoms with E-state index in [0.717, 1.165) is 24.4 Å². The number of halogens is 6. The first-order valence-corrected chi connectivity index (χ1v) is 7.35. The van der Waals surface area contributed by atoms with E-state index in [-0.39, 0.29) is 23.6 Å². The minimum Gasteiger partial charge on any atom is -0.379 e. The number of anilines is 1. The SMILES string of the molecule is N/N=C(\C=Nc1ccc(C(F)(F)F)cc1)CNc1ccnc(C(F)(F)F)c1. The fourth-order valence-corrected chi connectivity index (χ4v) is 1.90. The molecule has 1 aromatic carbocycles. The Morgan fingerprint density at radius 2 is 1.70 bits per heavy atom. The van der Waals surface area contributed by atoms with Crippen LogP contribution in [0.2, 0.25) is 0 Å². The number of aromatic nitrogens is 1. The van der Waals surface area contributed by atoms with Gasteiger partial charge in [0.15, 0.2) is 0 Å². The summed E-state index contributed by atoms with van der Waals surface area (Å²) in [7, 11) is 0. The smallest absolute Gasteiger partial charge is 0.379 e. The number of nitrogens with two attached hydrogens (primary N) is 1. The van der Waals surface area contributed by atoms with Crippen LogP contribution in [0.4, 0.5) is 37.7 Å². The number of aliphatic imine (C=N–C) groups is 1. The van der Waals surface area contributed by atoms with Gasteiger partial charge < -0.3 is 11.2 Å². The van der Waals surface area contributed by atoms with E-state index in [2.05, 4.69) is 20.4 Å². The molecule has 0 atom stereocenters. The van der Waals surface area contributed by atoms with Gasteiger partial charge in [0.1, 0.15) is 5.69 Å². The van der Waals surface area contributed by atoms with Gasteiger partial charge in [-0.25, -0.2) is 0 Å². The van der Waals surface area contributed by atoms with Gasteiger partial charge in [-0.05, 0) is 36.4 Å². The lowest BCUT2D eigenvalue weighted by Crippen LogP contribution is -2.17. The highest BCUT2D eigenvalue weighted by atomic mass is 19.4. The summed E-state index contributed by atoms with van der Waals surface area (Å²) in [4.78, 5) is 7.17. The zero-order chi connectivity index (χ0) is 20.1. The molecule has 0 aliphatic rings. The lowest BCUT2D eigenvalue weighted by atomic mass is 10.2. The lowest BCUT2D eigenvalue weighted by Gasteiger charge is -2.09. The first-order valence-electron chi connectivity index (χ1n) is 7.35. The number of hydrazone groups is 1. The topological polar surface area (TPSA) is 75.7 Å². The molecular weight excluding hydrogens is 376 g/mol. The average molecular weight is 389 g/mol. The van der Waals surface area contributed by atoms with Crippen molar-refractivity contribution >= 4 is 23.3 Å². The molecule has 0 aliphatic heterocycles. The van der Waals surface area contributed by atoms with Crippen molar-refractivity contribution in [1.82, 2.24) is 4.98 Å². The normalized spacial score (nSPS) is 13.2. The maximum atomic E-state index is 12.6. The minimum atomic E-state index is -4.58. The molecule has 2 aromatic rings. The van der Waals surface area contributed by atoms with Crippen LogP contribution in [-0.4, -0.2) is 23.5 Å². The van der Waals surface area contributed by atoms with Crippen molar-refractivity contribution in [3.8, 4) is 0 Å². The summed E-state index contributed by atoms with van der Waals surface area (Å²) in [6.45, 7) is -0.0536.